The van der Waals surface area contributed by atoms with Crippen molar-refractivity contribution < 1.29 is 14.4 Å². The van der Waals surface area contributed by atoms with Crippen LogP contribution in [0.4, 0.5) is 0 Å². The third kappa shape index (κ3) is 33.4. The maximum absolute atomic E-state index is 12.3. The average molecular weight is 627 g/mol. The van der Waals surface area contributed by atoms with Crippen molar-refractivity contribution in [2.45, 2.75) is 213 Å². The van der Waals surface area contributed by atoms with Crippen molar-refractivity contribution in [1.29, 1.82) is 0 Å². The lowest BCUT2D eigenvalue weighted by Gasteiger charge is -2.03. The van der Waals surface area contributed by atoms with Crippen LogP contribution in [0.2, 0.25) is 0 Å². The third-order valence-electron chi connectivity index (χ3n) is 8.90. The zero-order valence-corrected chi connectivity index (χ0v) is 30.1. The van der Waals surface area contributed by atoms with Crippen molar-refractivity contribution in [3.8, 4) is 0 Å². The van der Waals surface area contributed by atoms with Crippen molar-refractivity contribution >= 4 is 17.9 Å². The van der Waals surface area contributed by atoms with E-state index in [9.17, 15) is 14.4 Å². The van der Waals surface area contributed by atoms with E-state index in [0.29, 0.717) is 24.2 Å². The summed E-state index contributed by atoms with van der Waals surface area (Å²) in [5.74, 6) is 0.335. The predicted octanol–water partition coefficient (Wildman–Crippen LogP) is 13.5. The lowest BCUT2D eigenvalue weighted by molar-refractivity contribution is -0.118. The minimum absolute atomic E-state index is 0.0268. The fraction of sp³-hybridized carbons (Fsp3) is 0.786. The summed E-state index contributed by atoms with van der Waals surface area (Å²) in [6.45, 7) is 4.43. The lowest BCUT2D eigenvalue weighted by Crippen LogP contribution is -2.03. The molecule has 0 atom stereocenters. The lowest BCUT2D eigenvalue weighted by atomic mass is 10.0. The van der Waals surface area contributed by atoms with E-state index in [2.05, 4.69) is 32.1 Å². The van der Waals surface area contributed by atoms with Gasteiger partial charge < -0.3 is 0 Å². The molecule has 0 N–H and O–H groups in total. The molecule has 0 aliphatic rings. The highest BCUT2D eigenvalue weighted by Gasteiger charge is 2.08. The Labute approximate surface area is 280 Å². The molecule has 260 valence electrons. The fourth-order valence-corrected chi connectivity index (χ4v) is 5.90. The summed E-state index contributed by atoms with van der Waals surface area (Å²) < 4.78 is 0. The van der Waals surface area contributed by atoms with Crippen molar-refractivity contribution in [3.05, 3.63) is 36.0 Å². The summed E-state index contributed by atoms with van der Waals surface area (Å²) in [4.78, 5) is 35.8. The summed E-state index contributed by atoms with van der Waals surface area (Å²) in [7, 11) is 0. The second-order valence-electron chi connectivity index (χ2n) is 13.3. The number of hydrogen-bond donors (Lipinski definition) is 0. The molecule has 0 unspecified atom stereocenters. The van der Waals surface area contributed by atoms with Crippen molar-refractivity contribution in [1.82, 2.24) is 0 Å². The first-order valence-corrected chi connectivity index (χ1v) is 19.7. The molecule has 0 aromatic carbocycles. The van der Waals surface area contributed by atoms with Gasteiger partial charge in [-0.1, -0.05) is 167 Å². The summed E-state index contributed by atoms with van der Waals surface area (Å²) in [5, 5.41) is 0. The molecule has 0 aliphatic heterocycles. The average Bonchev–Trinajstić information content (AvgIpc) is 3.04. The first kappa shape index (κ1) is 43.2. The molecule has 0 aliphatic carbocycles. The second kappa shape index (κ2) is 36.7. The van der Waals surface area contributed by atoms with Gasteiger partial charge in [0.2, 0.25) is 0 Å². The highest BCUT2D eigenvalue weighted by molar-refractivity contribution is 6.11. The highest BCUT2D eigenvalue weighted by atomic mass is 16.1. The van der Waals surface area contributed by atoms with E-state index in [4.69, 9.17) is 0 Å². The SMILES string of the molecule is CCC=CCCCCCCCC(=O)C(C=O)=CCCCCCCCCCCCCCC(=O)/C=C/CCCCCCCCCCC. The van der Waals surface area contributed by atoms with Crippen LogP contribution in [-0.4, -0.2) is 17.9 Å². The number of ketones is 2. The minimum Gasteiger partial charge on any atom is -0.298 e. The normalized spacial score (nSPS) is 12.1. The second-order valence-corrected chi connectivity index (χ2v) is 13.3. The molecular weight excluding hydrogens is 552 g/mol. The van der Waals surface area contributed by atoms with E-state index in [1.165, 1.54) is 135 Å². The number of carbonyl (C=O) groups excluding carboxylic acids is 3. The van der Waals surface area contributed by atoms with Gasteiger partial charge in [0.15, 0.2) is 17.9 Å². The molecule has 0 bridgehead atoms. The van der Waals surface area contributed by atoms with Crippen LogP contribution in [0.5, 0.6) is 0 Å². The van der Waals surface area contributed by atoms with E-state index < -0.39 is 0 Å². The maximum atomic E-state index is 12.3. The van der Waals surface area contributed by atoms with Gasteiger partial charge in [0, 0.05) is 12.8 Å². The molecule has 0 radical (unpaired) electrons. The van der Waals surface area contributed by atoms with Gasteiger partial charge in [0.05, 0.1) is 5.57 Å². The zero-order valence-electron chi connectivity index (χ0n) is 30.1. The van der Waals surface area contributed by atoms with E-state index in [0.717, 1.165) is 57.7 Å². The van der Waals surface area contributed by atoms with Gasteiger partial charge in [-0.15, -0.1) is 0 Å². The van der Waals surface area contributed by atoms with Crippen LogP contribution in [0.15, 0.2) is 36.0 Å². The van der Waals surface area contributed by atoms with Crippen molar-refractivity contribution in [2.24, 2.45) is 0 Å². The van der Waals surface area contributed by atoms with Crippen molar-refractivity contribution in [2.75, 3.05) is 0 Å². The van der Waals surface area contributed by atoms with E-state index in [-0.39, 0.29) is 5.78 Å². The fourth-order valence-electron chi connectivity index (χ4n) is 5.90. The van der Waals surface area contributed by atoms with Crippen LogP contribution < -0.4 is 0 Å². The first-order chi connectivity index (χ1) is 22.2. The van der Waals surface area contributed by atoms with Crippen LogP contribution in [0, 0.1) is 0 Å². The van der Waals surface area contributed by atoms with E-state index >= 15 is 0 Å². The Balaban J connectivity index is 3.51. The number of allylic oxidation sites excluding steroid dienone is 6. The Hall–Kier alpha value is -1.77. The summed E-state index contributed by atoms with van der Waals surface area (Å²) >= 11 is 0. The van der Waals surface area contributed by atoms with Crippen LogP contribution in [0.25, 0.3) is 0 Å². The summed E-state index contributed by atoms with van der Waals surface area (Å²) in [6.07, 6.45) is 47.6. The van der Waals surface area contributed by atoms with Gasteiger partial charge in [0.25, 0.3) is 0 Å². The summed E-state index contributed by atoms with van der Waals surface area (Å²) in [5.41, 5.74) is 0.393. The Bertz CT molecular complexity index is 760. The standard InChI is InChI=1S/C42H74O3/c1-3-5-7-9-11-13-16-21-24-28-32-36-41(44)37-33-29-25-22-18-15-14-17-20-23-27-31-35-40(39-43)42(45)38-34-30-26-19-12-10-8-6-4-2/h6,8,32,35-36,39H,3-5,7,9-31,33-34,37-38H2,1-2H3/b8-6?,36-32+,40-35?. The number of carbonyl (C=O) groups is 3. The first-order valence-electron chi connectivity index (χ1n) is 19.7. The number of Topliss-reactive ketones (excluding diaryl/α,β-unsaturated/α-hetero) is 1. The molecule has 0 heterocycles. The van der Waals surface area contributed by atoms with Crippen LogP contribution in [0.3, 0.4) is 0 Å². The molecule has 0 aromatic heterocycles. The maximum Gasteiger partial charge on any atom is 0.165 e. The van der Waals surface area contributed by atoms with Crippen LogP contribution >= 0.6 is 0 Å². The highest BCUT2D eigenvalue weighted by Crippen LogP contribution is 2.15. The van der Waals surface area contributed by atoms with Crippen LogP contribution in [0.1, 0.15) is 213 Å². The number of hydrogen-bond acceptors (Lipinski definition) is 3. The molecule has 0 saturated heterocycles. The Morgan fingerprint density at radius 2 is 0.867 bits per heavy atom. The largest absolute Gasteiger partial charge is 0.298 e. The predicted molar refractivity (Wildman–Crippen MR) is 197 cm³/mol. The van der Waals surface area contributed by atoms with Gasteiger partial charge in [-0.05, 0) is 63.9 Å². The molecule has 3 nitrogen and oxygen atoms in total. The van der Waals surface area contributed by atoms with Crippen molar-refractivity contribution in [3.63, 3.8) is 0 Å². The molecule has 0 rings (SSSR count). The Morgan fingerprint density at radius 1 is 0.444 bits per heavy atom. The monoisotopic (exact) mass is 627 g/mol. The Kier molecular flexibility index (Phi) is 35.3. The van der Waals surface area contributed by atoms with Gasteiger partial charge in [-0.2, -0.15) is 0 Å². The Morgan fingerprint density at radius 3 is 1.36 bits per heavy atom. The summed E-state index contributed by atoms with van der Waals surface area (Å²) in [6, 6.07) is 0. The molecular formula is C42H74O3. The molecule has 3 heteroatoms. The molecule has 0 aromatic rings. The van der Waals surface area contributed by atoms with Gasteiger partial charge in [0.1, 0.15) is 0 Å². The zero-order chi connectivity index (χ0) is 32.9. The van der Waals surface area contributed by atoms with Gasteiger partial charge in [-0.25, -0.2) is 0 Å². The van der Waals surface area contributed by atoms with Crippen LogP contribution in [-0.2, 0) is 14.4 Å². The molecule has 0 spiro atoms. The molecule has 0 fully saturated rings. The topological polar surface area (TPSA) is 51.2 Å². The quantitative estimate of drug-likeness (QED) is 0.0174. The molecule has 0 saturated carbocycles. The van der Waals surface area contributed by atoms with E-state index in [1.54, 1.807) is 0 Å². The molecule has 45 heavy (non-hydrogen) atoms. The smallest absolute Gasteiger partial charge is 0.165 e. The van der Waals surface area contributed by atoms with E-state index in [1.807, 2.05) is 12.2 Å². The van der Waals surface area contributed by atoms with Gasteiger partial charge >= 0.3 is 0 Å². The number of rotatable bonds is 36. The third-order valence-corrected chi connectivity index (χ3v) is 8.90. The molecule has 0 amide bonds. The minimum atomic E-state index is 0.0268. The number of aldehydes is 1. The van der Waals surface area contributed by atoms with Gasteiger partial charge in [-0.3, -0.25) is 14.4 Å². The number of unbranched alkanes of at least 4 members (excludes halogenated alkanes) is 25.